The zero-order valence-electron chi connectivity index (χ0n) is 11.0. The maximum atomic E-state index is 5.17. The molecule has 1 aromatic carbocycles. The zero-order valence-corrected chi connectivity index (χ0v) is 11.0. The van der Waals surface area contributed by atoms with E-state index in [9.17, 15) is 0 Å². The largest absolute Gasteiger partial charge is 0.497 e. The fraction of sp³-hybridized carbons (Fsp3) is 0.600. The van der Waals surface area contributed by atoms with Crippen molar-refractivity contribution in [3.05, 3.63) is 29.8 Å². The number of methoxy groups -OCH3 is 1. The molecule has 1 aliphatic rings. The Kier molecular flexibility index (Phi) is 4.43. The van der Waals surface area contributed by atoms with Gasteiger partial charge in [-0.25, -0.2) is 0 Å². The summed E-state index contributed by atoms with van der Waals surface area (Å²) < 4.78 is 5.17. The van der Waals surface area contributed by atoms with E-state index in [2.05, 4.69) is 24.4 Å². The van der Waals surface area contributed by atoms with Gasteiger partial charge in [-0.05, 0) is 43.0 Å². The van der Waals surface area contributed by atoms with Crippen molar-refractivity contribution in [2.45, 2.75) is 45.2 Å². The minimum atomic E-state index is 0.834. The van der Waals surface area contributed by atoms with Gasteiger partial charge in [0.2, 0.25) is 0 Å². The SMILES string of the molecule is COc1ccc(C[NH2+][C@@H]2CCC[C@H](C)C2)cc1. The van der Waals surface area contributed by atoms with Crippen LogP contribution in [0.2, 0.25) is 0 Å². The molecule has 1 aliphatic carbocycles. The first kappa shape index (κ1) is 12.4. The van der Waals surface area contributed by atoms with Gasteiger partial charge < -0.3 is 10.1 Å². The standard InChI is InChI=1S/C15H23NO/c1-12-4-3-5-14(10-12)16-11-13-6-8-15(17-2)9-7-13/h6-9,12,14,16H,3-5,10-11H2,1-2H3/p+1/t12-,14+/m0/s1. The average molecular weight is 234 g/mol. The molecule has 2 N–H and O–H groups in total. The van der Waals surface area contributed by atoms with Crippen LogP contribution >= 0.6 is 0 Å². The second kappa shape index (κ2) is 6.06. The van der Waals surface area contributed by atoms with Crippen LogP contribution in [0.3, 0.4) is 0 Å². The van der Waals surface area contributed by atoms with Gasteiger partial charge >= 0.3 is 0 Å². The molecule has 1 saturated carbocycles. The highest BCUT2D eigenvalue weighted by Gasteiger charge is 2.20. The minimum Gasteiger partial charge on any atom is -0.497 e. The van der Waals surface area contributed by atoms with Crippen LogP contribution < -0.4 is 10.1 Å². The number of nitrogens with two attached hydrogens (primary N) is 1. The molecule has 0 radical (unpaired) electrons. The molecule has 0 unspecified atom stereocenters. The third-order valence-electron chi connectivity index (χ3n) is 3.82. The summed E-state index contributed by atoms with van der Waals surface area (Å²) in [6.45, 7) is 3.48. The summed E-state index contributed by atoms with van der Waals surface area (Å²) in [5.41, 5.74) is 1.39. The Morgan fingerprint density at radius 1 is 1.24 bits per heavy atom. The van der Waals surface area contributed by atoms with Gasteiger partial charge in [0.25, 0.3) is 0 Å². The summed E-state index contributed by atoms with van der Waals surface area (Å²) in [4.78, 5) is 0. The highest BCUT2D eigenvalue weighted by atomic mass is 16.5. The van der Waals surface area contributed by atoms with Gasteiger partial charge in [0, 0.05) is 12.0 Å². The summed E-state index contributed by atoms with van der Waals surface area (Å²) in [6, 6.07) is 9.27. The van der Waals surface area contributed by atoms with E-state index in [0.29, 0.717) is 0 Å². The van der Waals surface area contributed by atoms with Crippen molar-refractivity contribution >= 4 is 0 Å². The smallest absolute Gasteiger partial charge is 0.118 e. The molecule has 0 aromatic heterocycles. The summed E-state index contributed by atoms with van der Waals surface area (Å²) >= 11 is 0. The number of hydrogen-bond acceptors (Lipinski definition) is 1. The second-order valence-electron chi connectivity index (χ2n) is 5.32. The topological polar surface area (TPSA) is 25.8 Å². The van der Waals surface area contributed by atoms with Crippen molar-refractivity contribution in [3.8, 4) is 5.75 Å². The van der Waals surface area contributed by atoms with Crippen molar-refractivity contribution in [2.75, 3.05) is 7.11 Å². The Morgan fingerprint density at radius 3 is 2.65 bits per heavy atom. The van der Waals surface area contributed by atoms with Gasteiger partial charge in [-0.15, -0.1) is 0 Å². The van der Waals surface area contributed by atoms with Gasteiger partial charge in [-0.3, -0.25) is 0 Å². The van der Waals surface area contributed by atoms with Crippen LogP contribution in [-0.4, -0.2) is 13.2 Å². The predicted molar refractivity (Wildman–Crippen MR) is 70.0 cm³/mol. The van der Waals surface area contributed by atoms with E-state index in [1.54, 1.807) is 7.11 Å². The molecule has 1 fully saturated rings. The van der Waals surface area contributed by atoms with Gasteiger partial charge in [-0.2, -0.15) is 0 Å². The lowest BCUT2D eigenvalue weighted by molar-refractivity contribution is -0.707. The van der Waals surface area contributed by atoms with E-state index in [-0.39, 0.29) is 0 Å². The van der Waals surface area contributed by atoms with Crippen molar-refractivity contribution in [2.24, 2.45) is 5.92 Å². The zero-order chi connectivity index (χ0) is 12.1. The number of ether oxygens (including phenoxy) is 1. The molecule has 0 bridgehead atoms. The summed E-state index contributed by atoms with van der Waals surface area (Å²) in [6.07, 6.45) is 5.61. The summed E-state index contributed by atoms with van der Waals surface area (Å²) in [7, 11) is 1.71. The molecular formula is C15H24NO+. The van der Waals surface area contributed by atoms with Gasteiger partial charge in [0.1, 0.15) is 12.3 Å². The van der Waals surface area contributed by atoms with Crippen LogP contribution in [0.1, 0.15) is 38.2 Å². The Balaban J connectivity index is 1.80. The molecule has 2 nitrogen and oxygen atoms in total. The van der Waals surface area contributed by atoms with Crippen LogP contribution in [-0.2, 0) is 6.54 Å². The monoisotopic (exact) mass is 234 g/mol. The normalized spacial score (nSPS) is 24.6. The van der Waals surface area contributed by atoms with Crippen molar-refractivity contribution in [1.82, 2.24) is 0 Å². The number of rotatable bonds is 4. The minimum absolute atomic E-state index is 0.834. The average Bonchev–Trinajstić information content (AvgIpc) is 2.37. The van der Waals surface area contributed by atoms with Crippen LogP contribution in [0.5, 0.6) is 5.75 Å². The quantitative estimate of drug-likeness (QED) is 0.850. The lowest BCUT2D eigenvalue weighted by atomic mass is 9.87. The Bertz CT molecular complexity index is 333. The van der Waals surface area contributed by atoms with E-state index in [1.165, 1.54) is 31.2 Å². The molecule has 0 saturated heterocycles. The molecule has 0 spiro atoms. The van der Waals surface area contributed by atoms with Crippen LogP contribution in [0.15, 0.2) is 24.3 Å². The highest BCUT2D eigenvalue weighted by Crippen LogP contribution is 2.21. The molecule has 0 heterocycles. The molecule has 1 aromatic rings. The molecule has 0 amide bonds. The molecule has 2 atom stereocenters. The maximum Gasteiger partial charge on any atom is 0.118 e. The molecular weight excluding hydrogens is 210 g/mol. The molecule has 2 rings (SSSR count). The number of quaternary nitrogens is 1. The fourth-order valence-corrected chi connectivity index (χ4v) is 2.76. The van der Waals surface area contributed by atoms with Crippen molar-refractivity contribution in [3.63, 3.8) is 0 Å². The van der Waals surface area contributed by atoms with E-state index in [4.69, 9.17) is 4.74 Å². The maximum absolute atomic E-state index is 5.17. The Labute approximate surface area is 104 Å². The lowest BCUT2D eigenvalue weighted by Gasteiger charge is -2.24. The van der Waals surface area contributed by atoms with Crippen molar-refractivity contribution < 1.29 is 10.1 Å². The van der Waals surface area contributed by atoms with Crippen LogP contribution in [0.4, 0.5) is 0 Å². The summed E-state index contributed by atoms with van der Waals surface area (Å²) in [5, 5.41) is 2.51. The van der Waals surface area contributed by atoms with Crippen molar-refractivity contribution in [1.29, 1.82) is 0 Å². The Hall–Kier alpha value is -1.02. The summed E-state index contributed by atoms with van der Waals surface area (Å²) in [5.74, 6) is 1.86. The number of benzene rings is 1. The second-order valence-corrected chi connectivity index (χ2v) is 5.32. The van der Waals surface area contributed by atoms with Gasteiger partial charge in [0.05, 0.1) is 13.2 Å². The molecule has 94 valence electrons. The highest BCUT2D eigenvalue weighted by molar-refractivity contribution is 5.26. The van der Waals surface area contributed by atoms with E-state index in [1.807, 2.05) is 12.1 Å². The first-order valence-corrected chi connectivity index (χ1v) is 6.74. The molecule has 17 heavy (non-hydrogen) atoms. The van der Waals surface area contributed by atoms with Gasteiger partial charge in [0.15, 0.2) is 0 Å². The van der Waals surface area contributed by atoms with Crippen LogP contribution in [0.25, 0.3) is 0 Å². The van der Waals surface area contributed by atoms with Gasteiger partial charge in [-0.1, -0.05) is 13.3 Å². The van der Waals surface area contributed by atoms with E-state index in [0.717, 1.165) is 24.3 Å². The van der Waals surface area contributed by atoms with E-state index >= 15 is 0 Å². The molecule has 2 heteroatoms. The predicted octanol–water partition coefficient (Wildman–Crippen LogP) is 2.34. The first-order valence-electron chi connectivity index (χ1n) is 6.74. The third-order valence-corrected chi connectivity index (χ3v) is 3.82. The Morgan fingerprint density at radius 2 is 2.00 bits per heavy atom. The lowest BCUT2D eigenvalue weighted by Crippen LogP contribution is -2.89. The first-order chi connectivity index (χ1) is 8.28. The van der Waals surface area contributed by atoms with Crippen LogP contribution in [0, 0.1) is 5.92 Å². The number of hydrogen-bond donors (Lipinski definition) is 1. The van der Waals surface area contributed by atoms with E-state index < -0.39 is 0 Å². The fourth-order valence-electron chi connectivity index (χ4n) is 2.76. The third kappa shape index (κ3) is 3.74. The molecule has 0 aliphatic heterocycles.